The maximum atomic E-state index is 12.1. The van der Waals surface area contributed by atoms with Crippen LogP contribution in [0.2, 0.25) is 0 Å². The van der Waals surface area contributed by atoms with Crippen LogP contribution in [0.3, 0.4) is 0 Å². The van der Waals surface area contributed by atoms with Crippen molar-refractivity contribution < 1.29 is 9.90 Å². The summed E-state index contributed by atoms with van der Waals surface area (Å²) in [6.45, 7) is 7.99. The monoisotopic (exact) mass is 268 g/mol. The average Bonchev–Trinajstić information content (AvgIpc) is 2.42. The van der Waals surface area contributed by atoms with Crippen LogP contribution >= 0.6 is 0 Å². The predicted molar refractivity (Wildman–Crippen MR) is 72.4 cm³/mol. The summed E-state index contributed by atoms with van der Waals surface area (Å²) in [5.74, 6) is 0.105. The van der Waals surface area contributed by atoms with Crippen LogP contribution in [0.4, 0.5) is 0 Å². The standard InChI is InChI=1S/C13H24N4O2/c1-2-17(5-3-4-14)13(19)12-16-8-6-15(7-9-16)10-11-18/h18H,2-3,5-12H2,1H3. The van der Waals surface area contributed by atoms with E-state index in [1.165, 1.54) is 0 Å². The van der Waals surface area contributed by atoms with E-state index in [-0.39, 0.29) is 12.5 Å². The third kappa shape index (κ3) is 5.55. The summed E-state index contributed by atoms with van der Waals surface area (Å²) < 4.78 is 0. The van der Waals surface area contributed by atoms with E-state index in [1.54, 1.807) is 4.90 Å². The highest BCUT2D eigenvalue weighted by atomic mass is 16.3. The number of aliphatic hydroxyl groups excluding tert-OH is 1. The molecule has 0 bridgehead atoms. The number of nitriles is 1. The molecule has 1 aliphatic heterocycles. The second-order valence-electron chi connectivity index (χ2n) is 4.72. The van der Waals surface area contributed by atoms with Crippen LogP contribution in [0.15, 0.2) is 0 Å². The van der Waals surface area contributed by atoms with Gasteiger partial charge in [-0.1, -0.05) is 0 Å². The van der Waals surface area contributed by atoms with Gasteiger partial charge < -0.3 is 10.0 Å². The second kappa shape index (κ2) is 8.86. The molecule has 0 atom stereocenters. The minimum atomic E-state index is 0.105. The van der Waals surface area contributed by atoms with Crippen LogP contribution in [0, 0.1) is 11.3 Å². The number of likely N-dealkylation sites (N-methyl/N-ethyl adjacent to an activating group) is 1. The topological polar surface area (TPSA) is 70.8 Å². The van der Waals surface area contributed by atoms with Crippen molar-refractivity contribution in [2.24, 2.45) is 0 Å². The number of hydrogen-bond donors (Lipinski definition) is 1. The number of hydrogen-bond acceptors (Lipinski definition) is 5. The fourth-order valence-corrected chi connectivity index (χ4v) is 2.25. The molecule has 1 aliphatic rings. The van der Waals surface area contributed by atoms with Gasteiger partial charge in [-0.05, 0) is 6.92 Å². The number of amides is 1. The van der Waals surface area contributed by atoms with Crippen LogP contribution in [0.5, 0.6) is 0 Å². The van der Waals surface area contributed by atoms with E-state index in [1.807, 2.05) is 6.92 Å². The Labute approximate surface area is 115 Å². The first-order valence-corrected chi connectivity index (χ1v) is 6.91. The fraction of sp³-hybridized carbons (Fsp3) is 0.846. The van der Waals surface area contributed by atoms with E-state index in [9.17, 15) is 4.79 Å². The summed E-state index contributed by atoms with van der Waals surface area (Å²) >= 11 is 0. The Balaban J connectivity index is 2.31. The molecule has 1 saturated heterocycles. The molecule has 0 radical (unpaired) electrons. The Morgan fingerprint density at radius 3 is 2.47 bits per heavy atom. The molecule has 6 heteroatoms. The Morgan fingerprint density at radius 2 is 1.95 bits per heavy atom. The molecule has 0 unspecified atom stereocenters. The zero-order valence-electron chi connectivity index (χ0n) is 11.7. The van der Waals surface area contributed by atoms with Crippen molar-refractivity contribution in [3.05, 3.63) is 0 Å². The lowest BCUT2D eigenvalue weighted by Crippen LogP contribution is -2.50. The van der Waals surface area contributed by atoms with Crippen LogP contribution in [0.25, 0.3) is 0 Å². The van der Waals surface area contributed by atoms with E-state index in [2.05, 4.69) is 15.9 Å². The SMILES string of the molecule is CCN(CCC#N)C(=O)CN1CCN(CCO)CC1. The van der Waals surface area contributed by atoms with E-state index < -0.39 is 0 Å². The molecule has 1 rings (SSSR count). The van der Waals surface area contributed by atoms with Crippen molar-refractivity contribution in [1.29, 1.82) is 5.26 Å². The van der Waals surface area contributed by atoms with Crippen molar-refractivity contribution >= 4 is 5.91 Å². The summed E-state index contributed by atoms with van der Waals surface area (Å²) in [6, 6.07) is 2.07. The van der Waals surface area contributed by atoms with Gasteiger partial charge >= 0.3 is 0 Å². The molecule has 0 saturated carbocycles. The van der Waals surface area contributed by atoms with E-state index in [4.69, 9.17) is 10.4 Å². The molecule has 0 aromatic carbocycles. The molecule has 19 heavy (non-hydrogen) atoms. The van der Waals surface area contributed by atoms with E-state index >= 15 is 0 Å². The van der Waals surface area contributed by atoms with Crippen molar-refractivity contribution in [3.8, 4) is 6.07 Å². The van der Waals surface area contributed by atoms with Crippen molar-refractivity contribution in [2.75, 3.05) is 59.0 Å². The average molecular weight is 268 g/mol. The molecule has 0 aromatic rings. The molecule has 1 N–H and O–H groups in total. The van der Waals surface area contributed by atoms with Gasteiger partial charge in [0.05, 0.1) is 25.6 Å². The summed E-state index contributed by atoms with van der Waals surface area (Å²) in [6.07, 6.45) is 0.393. The third-order valence-corrected chi connectivity index (χ3v) is 3.47. The molecule has 1 fully saturated rings. The maximum Gasteiger partial charge on any atom is 0.236 e. The number of nitrogens with zero attached hydrogens (tertiary/aromatic N) is 4. The molecular formula is C13H24N4O2. The summed E-state index contributed by atoms with van der Waals surface area (Å²) in [5.41, 5.74) is 0. The summed E-state index contributed by atoms with van der Waals surface area (Å²) in [7, 11) is 0. The number of piperazine rings is 1. The van der Waals surface area contributed by atoms with Crippen LogP contribution in [0.1, 0.15) is 13.3 Å². The minimum absolute atomic E-state index is 0.105. The van der Waals surface area contributed by atoms with Crippen molar-refractivity contribution in [1.82, 2.24) is 14.7 Å². The maximum absolute atomic E-state index is 12.1. The molecule has 108 valence electrons. The molecule has 0 spiro atoms. The lowest BCUT2D eigenvalue weighted by Gasteiger charge is -2.34. The molecular weight excluding hydrogens is 244 g/mol. The van der Waals surface area contributed by atoms with Crippen LogP contribution in [-0.2, 0) is 4.79 Å². The van der Waals surface area contributed by atoms with Gasteiger partial charge in [-0.25, -0.2) is 0 Å². The molecule has 1 heterocycles. The van der Waals surface area contributed by atoms with Crippen LogP contribution in [-0.4, -0.2) is 84.7 Å². The van der Waals surface area contributed by atoms with Gasteiger partial charge in [0.25, 0.3) is 0 Å². The Morgan fingerprint density at radius 1 is 1.32 bits per heavy atom. The van der Waals surface area contributed by atoms with E-state index in [0.717, 1.165) is 26.2 Å². The lowest BCUT2D eigenvalue weighted by molar-refractivity contribution is -0.132. The van der Waals surface area contributed by atoms with Gasteiger partial charge in [0.1, 0.15) is 0 Å². The molecule has 0 aromatic heterocycles. The van der Waals surface area contributed by atoms with Gasteiger partial charge in [-0.3, -0.25) is 14.6 Å². The van der Waals surface area contributed by atoms with Gasteiger partial charge in [-0.15, -0.1) is 0 Å². The van der Waals surface area contributed by atoms with Crippen molar-refractivity contribution in [2.45, 2.75) is 13.3 Å². The highest BCUT2D eigenvalue weighted by Gasteiger charge is 2.20. The number of β-amino-alcohol motifs (C(OH)–C–C–N with tert-alkyl or cyclic N) is 1. The first-order chi connectivity index (χ1) is 9.21. The zero-order valence-corrected chi connectivity index (χ0v) is 11.7. The fourth-order valence-electron chi connectivity index (χ4n) is 2.25. The molecule has 0 aliphatic carbocycles. The number of carbonyl (C=O) groups excluding carboxylic acids is 1. The quantitative estimate of drug-likeness (QED) is 0.665. The lowest BCUT2D eigenvalue weighted by atomic mass is 10.3. The first kappa shape index (κ1) is 15.9. The largest absolute Gasteiger partial charge is 0.395 e. The molecule has 6 nitrogen and oxygen atoms in total. The highest BCUT2D eigenvalue weighted by molar-refractivity contribution is 5.78. The van der Waals surface area contributed by atoms with Gasteiger partial charge in [-0.2, -0.15) is 5.26 Å². The van der Waals surface area contributed by atoms with Gasteiger partial charge in [0.15, 0.2) is 0 Å². The summed E-state index contributed by atoms with van der Waals surface area (Å²) in [5, 5.41) is 17.4. The Bertz CT molecular complexity index is 308. The van der Waals surface area contributed by atoms with Crippen LogP contribution < -0.4 is 0 Å². The normalized spacial score (nSPS) is 17.1. The van der Waals surface area contributed by atoms with Gasteiger partial charge in [0, 0.05) is 45.8 Å². The Hall–Kier alpha value is -1.16. The number of carbonyl (C=O) groups is 1. The first-order valence-electron chi connectivity index (χ1n) is 6.91. The smallest absolute Gasteiger partial charge is 0.236 e. The van der Waals surface area contributed by atoms with Crippen molar-refractivity contribution in [3.63, 3.8) is 0 Å². The predicted octanol–water partition coefficient (Wildman–Crippen LogP) is -0.642. The van der Waals surface area contributed by atoms with Gasteiger partial charge in [0.2, 0.25) is 5.91 Å². The second-order valence-corrected chi connectivity index (χ2v) is 4.72. The highest BCUT2D eigenvalue weighted by Crippen LogP contribution is 2.02. The molecule has 1 amide bonds. The Kier molecular flexibility index (Phi) is 7.41. The minimum Gasteiger partial charge on any atom is -0.395 e. The number of aliphatic hydroxyl groups is 1. The third-order valence-electron chi connectivity index (χ3n) is 3.47. The van der Waals surface area contributed by atoms with E-state index in [0.29, 0.717) is 32.6 Å². The number of rotatable bonds is 7. The zero-order chi connectivity index (χ0) is 14.1. The summed E-state index contributed by atoms with van der Waals surface area (Å²) in [4.78, 5) is 18.2.